The Balaban J connectivity index is 2.05. The van der Waals surface area contributed by atoms with Crippen LogP contribution in [-0.2, 0) is 27.3 Å². The van der Waals surface area contributed by atoms with E-state index in [1.54, 1.807) is 12.1 Å². The van der Waals surface area contributed by atoms with Crippen LogP contribution in [0.15, 0.2) is 24.3 Å². The van der Waals surface area contributed by atoms with Gasteiger partial charge in [0.25, 0.3) is 0 Å². The average molecular weight is 403 g/mol. The van der Waals surface area contributed by atoms with E-state index >= 15 is 0 Å². The summed E-state index contributed by atoms with van der Waals surface area (Å²) in [6, 6.07) is 5.17. The van der Waals surface area contributed by atoms with Gasteiger partial charge in [-0.15, -0.1) is 0 Å². The molecule has 1 amide bonds. The quantitative estimate of drug-likeness (QED) is 0.649. The maximum Gasteiger partial charge on any atom is 0.307 e. The third-order valence-corrected chi connectivity index (χ3v) is 4.88. The highest BCUT2D eigenvalue weighted by Gasteiger charge is 2.20. The maximum atomic E-state index is 13.2. The lowest BCUT2D eigenvalue weighted by Gasteiger charge is -2.18. The van der Waals surface area contributed by atoms with Gasteiger partial charge in [0.2, 0.25) is 5.91 Å². The van der Waals surface area contributed by atoms with Crippen molar-refractivity contribution >= 4 is 11.9 Å². The fourth-order valence-electron chi connectivity index (χ4n) is 3.32. The molecule has 0 bridgehead atoms. The van der Waals surface area contributed by atoms with Crippen molar-refractivity contribution in [2.45, 2.75) is 59.5 Å². The van der Waals surface area contributed by atoms with Crippen molar-refractivity contribution in [3.63, 3.8) is 0 Å². The van der Waals surface area contributed by atoms with Gasteiger partial charge in [-0.05, 0) is 49.4 Å². The predicted octanol–water partition coefficient (Wildman–Crippen LogP) is 3.65. The molecule has 1 aromatic heterocycles. The second-order valence-corrected chi connectivity index (χ2v) is 7.68. The number of carbonyl (C=O) groups is 2. The van der Waals surface area contributed by atoms with E-state index in [-0.39, 0.29) is 24.6 Å². The number of nitrogens with zero attached hydrogens (tertiary/aromatic N) is 2. The number of aromatic nitrogens is 2. The number of esters is 1. The summed E-state index contributed by atoms with van der Waals surface area (Å²) in [7, 11) is 1.30. The smallest absolute Gasteiger partial charge is 0.307 e. The normalized spacial score (nSPS) is 12.1. The summed E-state index contributed by atoms with van der Waals surface area (Å²) in [6.45, 7) is 9.09. The molecule has 29 heavy (non-hydrogen) atoms. The number of methoxy groups -OCH3 is 1. The Morgan fingerprint density at radius 1 is 1.21 bits per heavy atom. The second kappa shape index (κ2) is 10.2. The SMILES string of the molecule is COC(=O)C[C@H](NC(=O)CCc1c(C)nn(CC(C)C)c1C)c1ccc(F)cc1. The van der Waals surface area contributed by atoms with Crippen LogP contribution < -0.4 is 5.32 Å². The number of carbonyl (C=O) groups excluding carboxylic acids is 2. The van der Waals surface area contributed by atoms with Crippen LogP contribution in [0.4, 0.5) is 4.39 Å². The molecule has 0 aliphatic rings. The van der Waals surface area contributed by atoms with Gasteiger partial charge >= 0.3 is 5.97 Å². The van der Waals surface area contributed by atoms with Crippen LogP contribution >= 0.6 is 0 Å². The second-order valence-electron chi connectivity index (χ2n) is 7.68. The molecular weight excluding hydrogens is 373 g/mol. The summed E-state index contributed by atoms with van der Waals surface area (Å²) in [4.78, 5) is 24.3. The predicted molar refractivity (Wildman–Crippen MR) is 109 cm³/mol. The minimum absolute atomic E-state index is 0.0156. The summed E-state index contributed by atoms with van der Waals surface area (Å²) in [6.07, 6.45) is 0.822. The van der Waals surface area contributed by atoms with Gasteiger partial charge in [-0.3, -0.25) is 14.3 Å². The fourth-order valence-corrected chi connectivity index (χ4v) is 3.32. The van der Waals surface area contributed by atoms with Gasteiger partial charge in [0.05, 0.1) is 25.3 Å². The van der Waals surface area contributed by atoms with E-state index in [9.17, 15) is 14.0 Å². The van der Waals surface area contributed by atoms with Crippen molar-refractivity contribution < 1.29 is 18.7 Å². The molecule has 0 aliphatic carbocycles. The van der Waals surface area contributed by atoms with Crippen LogP contribution in [0.3, 0.4) is 0 Å². The van der Waals surface area contributed by atoms with Gasteiger partial charge in [0.1, 0.15) is 5.82 Å². The molecule has 2 aromatic rings. The van der Waals surface area contributed by atoms with Crippen LogP contribution in [0.2, 0.25) is 0 Å². The van der Waals surface area contributed by atoms with E-state index < -0.39 is 12.0 Å². The summed E-state index contributed by atoms with van der Waals surface area (Å²) in [5.74, 6) is -0.514. The van der Waals surface area contributed by atoms with Gasteiger partial charge in [0, 0.05) is 18.7 Å². The lowest BCUT2D eigenvalue weighted by atomic mass is 10.0. The number of hydrogen-bond donors (Lipinski definition) is 1. The molecule has 1 aromatic carbocycles. The molecular formula is C22H30FN3O3. The van der Waals surface area contributed by atoms with Crippen molar-refractivity contribution in [1.82, 2.24) is 15.1 Å². The Morgan fingerprint density at radius 3 is 2.45 bits per heavy atom. The zero-order chi connectivity index (χ0) is 21.6. The molecule has 0 radical (unpaired) electrons. The third kappa shape index (κ3) is 6.41. The number of aryl methyl sites for hydroxylation is 1. The highest BCUT2D eigenvalue weighted by molar-refractivity contribution is 5.78. The standard InChI is InChI=1S/C22H30FN3O3/c1-14(2)13-26-16(4)19(15(3)25-26)10-11-21(27)24-20(12-22(28)29-5)17-6-8-18(23)9-7-17/h6-9,14,20H,10-13H2,1-5H3,(H,24,27)/t20-/m0/s1. The topological polar surface area (TPSA) is 73.2 Å². The van der Waals surface area contributed by atoms with Crippen molar-refractivity contribution in [2.75, 3.05) is 7.11 Å². The highest BCUT2D eigenvalue weighted by atomic mass is 19.1. The van der Waals surface area contributed by atoms with Crippen LogP contribution in [0.25, 0.3) is 0 Å². The van der Waals surface area contributed by atoms with E-state index in [2.05, 4.69) is 24.3 Å². The van der Waals surface area contributed by atoms with E-state index in [4.69, 9.17) is 4.74 Å². The van der Waals surface area contributed by atoms with Gasteiger partial charge in [-0.2, -0.15) is 5.10 Å². The maximum absolute atomic E-state index is 13.2. The Kier molecular flexibility index (Phi) is 7.93. The first kappa shape index (κ1) is 22.6. The molecule has 0 aliphatic heterocycles. The Bertz CT molecular complexity index is 844. The highest BCUT2D eigenvalue weighted by Crippen LogP contribution is 2.20. The average Bonchev–Trinajstić information content (AvgIpc) is 2.92. The monoisotopic (exact) mass is 403 g/mol. The lowest BCUT2D eigenvalue weighted by Crippen LogP contribution is -2.30. The summed E-state index contributed by atoms with van der Waals surface area (Å²) >= 11 is 0. The Hall–Kier alpha value is -2.70. The van der Waals surface area contributed by atoms with Crippen LogP contribution in [0, 0.1) is 25.6 Å². The van der Waals surface area contributed by atoms with Gasteiger partial charge in [-0.25, -0.2) is 4.39 Å². The van der Waals surface area contributed by atoms with Crippen molar-refractivity contribution in [1.29, 1.82) is 0 Å². The molecule has 0 saturated heterocycles. The molecule has 158 valence electrons. The summed E-state index contributed by atoms with van der Waals surface area (Å²) in [5, 5.41) is 7.46. The molecule has 1 N–H and O–H groups in total. The van der Waals surface area contributed by atoms with E-state index in [1.807, 2.05) is 18.5 Å². The van der Waals surface area contributed by atoms with Crippen molar-refractivity contribution in [2.24, 2.45) is 5.92 Å². The first-order valence-electron chi connectivity index (χ1n) is 9.85. The van der Waals surface area contributed by atoms with Crippen LogP contribution in [-0.4, -0.2) is 28.8 Å². The molecule has 7 heteroatoms. The first-order valence-corrected chi connectivity index (χ1v) is 9.85. The largest absolute Gasteiger partial charge is 0.469 e. The zero-order valence-electron chi connectivity index (χ0n) is 17.8. The van der Waals surface area contributed by atoms with Crippen molar-refractivity contribution in [3.8, 4) is 0 Å². The number of halogens is 1. The molecule has 0 unspecified atom stereocenters. The molecule has 0 spiro atoms. The molecule has 0 saturated carbocycles. The van der Waals surface area contributed by atoms with E-state index in [0.29, 0.717) is 17.9 Å². The fraction of sp³-hybridized carbons (Fsp3) is 0.500. The lowest BCUT2D eigenvalue weighted by molar-refractivity contribution is -0.141. The number of nitrogens with one attached hydrogen (secondary N) is 1. The summed E-state index contributed by atoms with van der Waals surface area (Å²) < 4.78 is 19.9. The molecule has 0 fully saturated rings. The molecule has 1 atom stereocenters. The van der Waals surface area contributed by atoms with Gasteiger partial charge < -0.3 is 10.1 Å². The van der Waals surface area contributed by atoms with E-state index in [1.165, 1.54) is 19.2 Å². The Labute approximate surface area is 171 Å². The molecule has 1 heterocycles. The summed E-state index contributed by atoms with van der Waals surface area (Å²) in [5.41, 5.74) is 3.74. The number of rotatable bonds is 9. The zero-order valence-corrected chi connectivity index (χ0v) is 17.8. The van der Waals surface area contributed by atoms with Crippen LogP contribution in [0.5, 0.6) is 0 Å². The third-order valence-electron chi connectivity index (χ3n) is 4.88. The van der Waals surface area contributed by atoms with Gasteiger partial charge in [0.15, 0.2) is 0 Å². The molecule has 2 rings (SSSR count). The number of benzene rings is 1. The van der Waals surface area contributed by atoms with Crippen LogP contribution in [0.1, 0.15) is 55.2 Å². The minimum atomic E-state index is -0.568. The first-order chi connectivity index (χ1) is 13.7. The van der Waals surface area contributed by atoms with E-state index in [0.717, 1.165) is 23.5 Å². The molecule has 6 nitrogen and oxygen atoms in total. The van der Waals surface area contributed by atoms with Gasteiger partial charge in [-0.1, -0.05) is 26.0 Å². The Morgan fingerprint density at radius 2 is 1.86 bits per heavy atom. The number of amides is 1. The van der Waals surface area contributed by atoms with Crippen molar-refractivity contribution in [3.05, 3.63) is 52.6 Å². The minimum Gasteiger partial charge on any atom is -0.469 e. The number of ether oxygens (including phenoxy) is 1. The number of hydrogen-bond acceptors (Lipinski definition) is 4.